The summed E-state index contributed by atoms with van der Waals surface area (Å²) in [5, 5.41) is 6.93. The third kappa shape index (κ3) is 5.33. The molecule has 0 spiro atoms. The maximum Gasteiger partial charge on any atom is 0.226 e. The number of nitrogens with zero attached hydrogens (tertiary/aromatic N) is 3. The maximum atomic E-state index is 5.73. The van der Waals surface area contributed by atoms with Crippen LogP contribution < -0.4 is 11.1 Å². The van der Waals surface area contributed by atoms with Crippen molar-refractivity contribution in [1.82, 2.24) is 15.5 Å². The van der Waals surface area contributed by atoms with Crippen molar-refractivity contribution in [3.63, 3.8) is 0 Å². The van der Waals surface area contributed by atoms with Gasteiger partial charge in [-0.25, -0.2) is 0 Å². The number of hydrogen-bond donors (Lipinski definition) is 2. The Hall–Kier alpha value is -1.59. The molecule has 6 heteroatoms. The van der Waals surface area contributed by atoms with Gasteiger partial charge in [0.25, 0.3) is 0 Å². The Balaban J connectivity index is 2.38. The number of guanidine groups is 1. The Morgan fingerprint density at radius 1 is 1.47 bits per heavy atom. The van der Waals surface area contributed by atoms with E-state index in [9.17, 15) is 0 Å². The summed E-state index contributed by atoms with van der Waals surface area (Å²) in [5.41, 5.74) is 5.66. The smallest absolute Gasteiger partial charge is 0.226 e. The van der Waals surface area contributed by atoms with Gasteiger partial charge < -0.3 is 15.6 Å². The van der Waals surface area contributed by atoms with Crippen molar-refractivity contribution >= 4 is 5.96 Å². The minimum atomic E-state index is -0.0743. The van der Waals surface area contributed by atoms with Gasteiger partial charge in [-0.2, -0.15) is 4.98 Å². The van der Waals surface area contributed by atoms with E-state index >= 15 is 0 Å². The summed E-state index contributed by atoms with van der Waals surface area (Å²) >= 11 is 0. The molecule has 0 aromatic carbocycles. The molecule has 0 radical (unpaired) electrons. The van der Waals surface area contributed by atoms with Crippen LogP contribution in [0.5, 0.6) is 0 Å². The molecule has 1 aromatic heterocycles. The first-order valence-corrected chi connectivity index (χ1v) is 5.80. The first-order chi connectivity index (χ1) is 7.90. The van der Waals surface area contributed by atoms with Crippen molar-refractivity contribution in [3.05, 3.63) is 11.7 Å². The van der Waals surface area contributed by atoms with E-state index in [4.69, 9.17) is 10.3 Å². The van der Waals surface area contributed by atoms with E-state index in [2.05, 4.69) is 20.4 Å². The molecule has 0 unspecified atom stereocenters. The van der Waals surface area contributed by atoms with Crippen LogP contribution in [0.25, 0.3) is 0 Å². The average molecular weight is 239 g/mol. The standard InChI is InChI=1S/C11H21N5O/c1-5-9-14-8(16-17-9)6-7-13-10(12)15-11(2,3)4/h5-7H2,1-4H3,(H3,12,13,15). The third-order valence-electron chi connectivity index (χ3n) is 1.93. The van der Waals surface area contributed by atoms with E-state index in [1.54, 1.807) is 0 Å². The highest BCUT2D eigenvalue weighted by atomic mass is 16.5. The van der Waals surface area contributed by atoms with Crippen LogP contribution >= 0.6 is 0 Å². The molecular formula is C11H21N5O. The second kappa shape index (κ2) is 5.65. The van der Waals surface area contributed by atoms with Crippen molar-refractivity contribution in [3.8, 4) is 0 Å². The highest BCUT2D eigenvalue weighted by molar-refractivity contribution is 5.78. The summed E-state index contributed by atoms with van der Waals surface area (Å²) in [6, 6.07) is 0. The molecule has 1 heterocycles. The van der Waals surface area contributed by atoms with Crippen molar-refractivity contribution < 1.29 is 4.52 Å². The Bertz CT molecular complexity index is 377. The van der Waals surface area contributed by atoms with Crippen LogP contribution in [-0.4, -0.2) is 28.2 Å². The number of aliphatic imine (C=N–C) groups is 1. The van der Waals surface area contributed by atoms with Crippen LogP contribution in [0.4, 0.5) is 0 Å². The van der Waals surface area contributed by atoms with Crippen LogP contribution in [0.2, 0.25) is 0 Å². The predicted molar refractivity (Wildman–Crippen MR) is 66.8 cm³/mol. The number of nitrogens with two attached hydrogens (primary N) is 1. The number of aromatic nitrogens is 2. The molecule has 3 N–H and O–H groups in total. The van der Waals surface area contributed by atoms with Crippen molar-refractivity contribution in [2.45, 2.75) is 46.1 Å². The van der Waals surface area contributed by atoms with E-state index in [1.165, 1.54) is 0 Å². The van der Waals surface area contributed by atoms with Gasteiger partial charge in [0.1, 0.15) is 0 Å². The van der Waals surface area contributed by atoms with Gasteiger partial charge >= 0.3 is 0 Å². The lowest BCUT2D eigenvalue weighted by molar-refractivity contribution is 0.376. The summed E-state index contributed by atoms with van der Waals surface area (Å²) in [6.07, 6.45) is 1.39. The molecule has 0 saturated heterocycles. The molecular weight excluding hydrogens is 218 g/mol. The molecule has 6 nitrogen and oxygen atoms in total. The van der Waals surface area contributed by atoms with Crippen molar-refractivity contribution in [1.29, 1.82) is 0 Å². The molecule has 1 aromatic rings. The molecule has 1 rings (SSSR count). The normalized spacial score (nSPS) is 12.8. The molecule has 0 aliphatic rings. The van der Waals surface area contributed by atoms with E-state index in [-0.39, 0.29) is 5.54 Å². The first-order valence-electron chi connectivity index (χ1n) is 5.80. The molecule has 0 bridgehead atoms. The fraction of sp³-hybridized carbons (Fsp3) is 0.727. The van der Waals surface area contributed by atoms with Gasteiger partial charge in [0.05, 0.1) is 0 Å². The molecule has 0 aliphatic heterocycles. The van der Waals surface area contributed by atoms with Crippen molar-refractivity contribution in [2.75, 3.05) is 6.54 Å². The highest BCUT2D eigenvalue weighted by Gasteiger charge is 2.09. The summed E-state index contributed by atoms with van der Waals surface area (Å²) in [4.78, 5) is 8.39. The van der Waals surface area contributed by atoms with Gasteiger partial charge in [0, 0.05) is 24.9 Å². The average Bonchev–Trinajstić information content (AvgIpc) is 2.63. The molecule has 0 amide bonds. The number of nitrogens with one attached hydrogen (secondary N) is 1. The quantitative estimate of drug-likeness (QED) is 0.601. The third-order valence-corrected chi connectivity index (χ3v) is 1.93. The Morgan fingerprint density at radius 3 is 2.71 bits per heavy atom. The summed E-state index contributed by atoms with van der Waals surface area (Å²) in [6.45, 7) is 8.62. The van der Waals surface area contributed by atoms with Crippen LogP contribution in [0.1, 0.15) is 39.4 Å². The van der Waals surface area contributed by atoms with E-state index in [0.717, 1.165) is 6.42 Å². The van der Waals surface area contributed by atoms with Gasteiger partial charge in [0.15, 0.2) is 11.8 Å². The lowest BCUT2D eigenvalue weighted by Gasteiger charge is -2.20. The van der Waals surface area contributed by atoms with Crippen molar-refractivity contribution in [2.24, 2.45) is 10.7 Å². The van der Waals surface area contributed by atoms with Gasteiger partial charge in [0.2, 0.25) is 5.89 Å². The zero-order valence-corrected chi connectivity index (χ0v) is 10.9. The lowest BCUT2D eigenvalue weighted by Crippen LogP contribution is -2.45. The van der Waals surface area contributed by atoms with Crippen LogP contribution in [-0.2, 0) is 12.8 Å². The molecule has 0 saturated carbocycles. The van der Waals surface area contributed by atoms with E-state index in [1.807, 2.05) is 27.7 Å². The molecule has 0 fully saturated rings. The SMILES string of the molecule is CCc1nc(CCN=C(N)NC(C)(C)C)no1. The fourth-order valence-corrected chi connectivity index (χ4v) is 1.24. The Kier molecular flexibility index (Phi) is 4.48. The predicted octanol–water partition coefficient (Wildman–Crippen LogP) is 0.877. The molecule has 96 valence electrons. The Morgan fingerprint density at radius 2 is 2.18 bits per heavy atom. The number of rotatable bonds is 4. The van der Waals surface area contributed by atoms with E-state index in [0.29, 0.717) is 30.6 Å². The Labute approximate surface area is 102 Å². The fourth-order valence-electron chi connectivity index (χ4n) is 1.24. The summed E-state index contributed by atoms with van der Waals surface area (Å²) in [5.74, 6) is 1.77. The second-order valence-corrected chi connectivity index (χ2v) is 4.85. The molecule has 0 aliphatic carbocycles. The molecule has 0 atom stereocenters. The number of aryl methyl sites for hydroxylation is 1. The van der Waals surface area contributed by atoms with Crippen LogP contribution in [0, 0.1) is 0 Å². The minimum absolute atomic E-state index is 0.0743. The second-order valence-electron chi connectivity index (χ2n) is 4.85. The minimum Gasteiger partial charge on any atom is -0.370 e. The van der Waals surface area contributed by atoms with Gasteiger partial charge in [-0.15, -0.1) is 0 Å². The van der Waals surface area contributed by atoms with E-state index < -0.39 is 0 Å². The number of hydrogen-bond acceptors (Lipinski definition) is 4. The maximum absolute atomic E-state index is 5.73. The van der Waals surface area contributed by atoms with Crippen LogP contribution in [0.3, 0.4) is 0 Å². The highest BCUT2D eigenvalue weighted by Crippen LogP contribution is 1.99. The summed E-state index contributed by atoms with van der Waals surface area (Å²) < 4.78 is 5.00. The summed E-state index contributed by atoms with van der Waals surface area (Å²) in [7, 11) is 0. The van der Waals surface area contributed by atoms with Gasteiger partial charge in [-0.3, -0.25) is 4.99 Å². The van der Waals surface area contributed by atoms with Crippen LogP contribution in [0.15, 0.2) is 9.52 Å². The lowest BCUT2D eigenvalue weighted by atomic mass is 10.1. The first kappa shape index (κ1) is 13.5. The van der Waals surface area contributed by atoms with Gasteiger partial charge in [-0.05, 0) is 20.8 Å². The zero-order valence-electron chi connectivity index (χ0n) is 10.9. The largest absolute Gasteiger partial charge is 0.370 e. The topological polar surface area (TPSA) is 89.3 Å². The zero-order chi connectivity index (χ0) is 12.9. The molecule has 17 heavy (non-hydrogen) atoms. The van der Waals surface area contributed by atoms with Gasteiger partial charge in [-0.1, -0.05) is 12.1 Å². The monoisotopic (exact) mass is 239 g/mol.